The quantitative estimate of drug-likeness (QED) is 0.175. The molecule has 2 aliphatic rings. The third-order valence-electron chi connectivity index (χ3n) is 14.0. The van der Waals surface area contributed by atoms with Crippen molar-refractivity contribution in [2.75, 3.05) is 22.9 Å². The SMILES string of the molecule is Cc1cc(-c2cnn3cc(-c4ccc(N5[C@H](C)CCC[C@@H]5C)cc4)cnc23)c2ccccc2n1.Cc1cc(-c2cnn3cc(-c4ccc(N5[C@H](C)CNC[C@@H]5C)cc4)cnc23)c2ccccc2n1. The molecule has 0 spiro atoms. The van der Waals surface area contributed by atoms with Gasteiger partial charge in [0.2, 0.25) is 0 Å². The third kappa shape index (κ3) is 8.10. The molecule has 0 aliphatic carbocycles. The Morgan fingerprint density at radius 2 is 0.897 bits per heavy atom. The zero-order valence-electron chi connectivity index (χ0n) is 39.7. The number of nitrogens with one attached hydrogen (secondary N) is 1. The van der Waals surface area contributed by atoms with Crippen LogP contribution >= 0.6 is 0 Å². The van der Waals surface area contributed by atoms with Crippen molar-refractivity contribution in [2.45, 2.75) is 85.0 Å². The Balaban J connectivity index is 0.000000149. The minimum atomic E-state index is 0.475. The summed E-state index contributed by atoms with van der Waals surface area (Å²) < 4.78 is 3.77. The number of hydrogen-bond acceptors (Lipinski definition) is 9. The summed E-state index contributed by atoms with van der Waals surface area (Å²) in [4.78, 5) is 24.1. The number of aromatic nitrogens is 8. The van der Waals surface area contributed by atoms with Gasteiger partial charge in [-0.25, -0.2) is 19.0 Å². The lowest BCUT2D eigenvalue weighted by Crippen LogP contribution is -2.55. The Hall–Kier alpha value is -7.50. The summed E-state index contributed by atoms with van der Waals surface area (Å²) in [7, 11) is 0. The Bertz CT molecular complexity index is 3180. The molecule has 8 heterocycles. The lowest BCUT2D eigenvalue weighted by molar-refractivity contribution is 0.414. The molecular weight excluding hydrogens is 839 g/mol. The van der Waals surface area contributed by atoms with E-state index in [2.05, 4.69) is 166 Å². The highest BCUT2D eigenvalue weighted by molar-refractivity contribution is 5.99. The lowest BCUT2D eigenvalue weighted by Gasteiger charge is -2.41. The van der Waals surface area contributed by atoms with Crippen molar-refractivity contribution >= 4 is 44.5 Å². The van der Waals surface area contributed by atoms with Gasteiger partial charge in [0.25, 0.3) is 0 Å². The molecule has 11 heteroatoms. The molecule has 2 saturated heterocycles. The molecule has 4 aromatic carbocycles. The number of fused-ring (bicyclic) bond motifs is 4. The van der Waals surface area contributed by atoms with E-state index >= 15 is 0 Å². The maximum atomic E-state index is 4.84. The molecule has 0 radical (unpaired) electrons. The largest absolute Gasteiger partial charge is 0.366 e. The summed E-state index contributed by atoms with van der Waals surface area (Å²) in [6.45, 7) is 15.3. The monoisotopic (exact) mass is 895 g/mol. The summed E-state index contributed by atoms with van der Waals surface area (Å²) in [5.41, 5.74) is 16.9. The smallest absolute Gasteiger partial charge is 0.162 e. The van der Waals surface area contributed by atoms with Crippen LogP contribution in [0.15, 0.2) is 146 Å². The number of pyridine rings is 2. The van der Waals surface area contributed by atoms with E-state index in [-0.39, 0.29) is 0 Å². The predicted octanol–water partition coefficient (Wildman–Crippen LogP) is 11.8. The number of rotatable bonds is 6. The van der Waals surface area contributed by atoms with E-state index < -0.39 is 0 Å². The zero-order valence-corrected chi connectivity index (χ0v) is 39.7. The molecule has 0 bridgehead atoms. The Labute approximate surface area is 397 Å². The number of nitrogens with zero attached hydrogens (tertiary/aromatic N) is 10. The van der Waals surface area contributed by atoms with Crippen molar-refractivity contribution in [2.24, 2.45) is 0 Å². The summed E-state index contributed by atoms with van der Waals surface area (Å²) in [6.07, 6.45) is 15.7. The van der Waals surface area contributed by atoms with Gasteiger partial charge in [0.1, 0.15) is 0 Å². The van der Waals surface area contributed by atoms with Gasteiger partial charge in [0.05, 0.1) is 23.4 Å². The molecular formula is C57H57N11. The Morgan fingerprint density at radius 3 is 1.35 bits per heavy atom. The van der Waals surface area contributed by atoms with Crippen LogP contribution < -0.4 is 15.1 Å². The van der Waals surface area contributed by atoms with Crippen molar-refractivity contribution < 1.29 is 0 Å². The van der Waals surface area contributed by atoms with Gasteiger partial charge < -0.3 is 15.1 Å². The standard InChI is InChI=1S/C29H29N5.C28H28N6/c1-19-15-26(25-9-4-5-10-28(25)32-19)27-17-31-33-18-23(16-30-29(27)33)22-11-13-24(14-12-22)34-20(2)7-6-8-21(34)3;1-18-12-25(24-6-4-5-7-27(24)32-18)26-16-31-33-17-22(15-30-28(26)33)21-8-10-23(11-9-21)34-19(2)13-29-14-20(34)3/h4-5,9-18,20-21H,6-8H2,1-3H3;4-12,15-17,19-20,29H,13-14H2,1-3H3/t20-,21+;19-,20+. The molecule has 0 amide bonds. The van der Waals surface area contributed by atoms with Crippen molar-refractivity contribution in [3.8, 4) is 44.5 Å². The average Bonchev–Trinajstić information content (AvgIpc) is 3.98. The first-order chi connectivity index (χ1) is 33.2. The van der Waals surface area contributed by atoms with Crippen LogP contribution in [-0.4, -0.2) is 76.4 Å². The fourth-order valence-corrected chi connectivity index (χ4v) is 10.7. The molecule has 12 rings (SSSR count). The summed E-state index contributed by atoms with van der Waals surface area (Å²) in [5, 5.41) is 15.0. The van der Waals surface area contributed by atoms with Crippen LogP contribution in [0, 0.1) is 13.8 Å². The number of hydrogen-bond donors (Lipinski definition) is 1. The molecule has 4 atom stereocenters. The molecule has 10 aromatic rings. The number of piperidine rings is 1. The summed E-state index contributed by atoms with van der Waals surface area (Å²) >= 11 is 0. The first-order valence-corrected chi connectivity index (χ1v) is 24.1. The van der Waals surface area contributed by atoms with Crippen molar-refractivity contribution in [3.05, 3.63) is 158 Å². The Kier molecular flexibility index (Phi) is 11.4. The predicted molar refractivity (Wildman–Crippen MR) is 277 cm³/mol. The number of anilines is 2. The fourth-order valence-electron chi connectivity index (χ4n) is 10.7. The first-order valence-electron chi connectivity index (χ1n) is 24.1. The van der Waals surface area contributed by atoms with Gasteiger partial charge in [-0.2, -0.15) is 10.2 Å². The molecule has 6 aromatic heterocycles. The molecule has 340 valence electrons. The van der Waals surface area contributed by atoms with E-state index in [1.807, 2.05) is 65.9 Å². The molecule has 2 fully saturated rings. The second kappa shape index (κ2) is 18.0. The molecule has 11 nitrogen and oxygen atoms in total. The maximum Gasteiger partial charge on any atom is 0.162 e. The van der Waals surface area contributed by atoms with E-state index in [1.54, 1.807) is 0 Å². The highest BCUT2D eigenvalue weighted by atomic mass is 15.3. The van der Waals surface area contributed by atoms with Crippen LogP contribution in [0.25, 0.3) is 77.6 Å². The van der Waals surface area contributed by atoms with E-state index in [0.29, 0.717) is 24.2 Å². The zero-order chi connectivity index (χ0) is 46.5. The first kappa shape index (κ1) is 43.1. The van der Waals surface area contributed by atoms with Crippen molar-refractivity contribution in [1.29, 1.82) is 0 Å². The second-order valence-electron chi connectivity index (χ2n) is 18.9. The minimum absolute atomic E-state index is 0.475. The van der Waals surface area contributed by atoms with Crippen LogP contribution in [-0.2, 0) is 0 Å². The van der Waals surface area contributed by atoms with Crippen LogP contribution in [0.3, 0.4) is 0 Å². The third-order valence-corrected chi connectivity index (χ3v) is 14.0. The van der Waals surface area contributed by atoms with E-state index in [1.165, 1.54) is 30.6 Å². The van der Waals surface area contributed by atoms with Crippen molar-refractivity contribution in [1.82, 2.24) is 44.5 Å². The van der Waals surface area contributed by atoms with Gasteiger partial charge in [0.15, 0.2) is 11.3 Å². The van der Waals surface area contributed by atoms with E-state index in [9.17, 15) is 0 Å². The van der Waals surface area contributed by atoms with Crippen LogP contribution in [0.4, 0.5) is 11.4 Å². The molecule has 2 aliphatic heterocycles. The average molecular weight is 896 g/mol. The number of aryl methyl sites for hydroxylation is 2. The van der Waals surface area contributed by atoms with Gasteiger partial charge in [0, 0.05) is 118 Å². The number of piperazine rings is 1. The minimum Gasteiger partial charge on any atom is -0.366 e. The van der Waals surface area contributed by atoms with Gasteiger partial charge in [-0.1, -0.05) is 60.7 Å². The second-order valence-corrected chi connectivity index (χ2v) is 18.9. The normalized spacial score (nSPS) is 18.6. The van der Waals surface area contributed by atoms with Crippen LogP contribution in [0.1, 0.15) is 58.3 Å². The lowest BCUT2D eigenvalue weighted by atomic mass is 9.96. The van der Waals surface area contributed by atoms with Crippen LogP contribution in [0.5, 0.6) is 0 Å². The van der Waals surface area contributed by atoms with Gasteiger partial charge in [-0.05, 0) is 132 Å². The Morgan fingerprint density at radius 1 is 0.471 bits per heavy atom. The number of benzene rings is 4. The van der Waals surface area contributed by atoms with E-state index in [0.717, 1.165) is 102 Å². The van der Waals surface area contributed by atoms with Crippen molar-refractivity contribution in [3.63, 3.8) is 0 Å². The van der Waals surface area contributed by atoms with E-state index in [4.69, 9.17) is 9.97 Å². The van der Waals surface area contributed by atoms with Gasteiger partial charge in [-0.3, -0.25) is 9.97 Å². The van der Waals surface area contributed by atoms with Gasteiger partial charge >= 0.3 is 0 Å². The summed E-state index contributed by atoms with van der Waals surface area (Å²) in [6, 6.07) is 40.5. The highest BCUT2D eigenvalue weighted by Gasteiger charge is 2.26. The highest BCUT2D eigenvalue weighted by Crippen LogP contribution is 2.35. The number of para-hydroxylation sites is 2. The molecule has 0 saturated carbocycles. The summed E-state index contributed by atoms with van der Waals surface area (Å²) in [5.74, 6) is 0. The maximum absolute atomic E-state index is 4.84. The molecule has 1 N–H and O–H groups in total. The van der Waals surface area contributed by atoms with Gasteiger partial charge in [-0.15, -0.1) is 0 Å². The topological polar surface area (TPSA) is 105 Å². The fraction of sp³-hybridized carbons (Fsp3) is 0.263. The molecule has 68 heavy (non-hydrogen) atoms. The van der Waals surface area contributed by atoms with Crippen LogP contribution in [0.2, 0.25) is 0 Å². The molecule has 0 unspecified atom stereocenters.